The summed E-state index contributed by atoms with van der Waals surface area (Å²) in [5.74, 6) is -0.0528. The molecule has 0 spiro atoms. The summed E-state index contributed by atoms with van der Waals surface area (Å²) in [6.45, 7) is 4.37. The Labute approximate surface area is 147 Å². The zero-order chi connectivity index (χ0) is 17.6. The number of hydrogen-bond donors (Lipinski definition) is 1. The number of rotatable bonds is 5. The second kappa shape index (κ2) is 7.79. The average molecular weight is 338 g/mol. The third-order valence-electron chi connectivity index (χ3n) is 4.39. The van der Waals surface area contributed by atoms with Crippen molar-refractivity contribution in [1.29, 1.82) is 0 Å². The molecule has 0 bridgehead atoms. The number of aryl methyl sites for hydroxylation is 1. The predicted molar refractivity (Wildman–Crippen MR) is 96.9 cm³/mol. The minimum absolute atomic E-state index is 0.0528. The van der Waals surface area contributed by atoms with Gasteiger partial charge < -0.3 is 15.1 Å². The molecule has 1 fully saturated rings. The molecule has 2 amide bonds. The molecule has 6 heteroatoms. The van der Waals surface area contributed by atoms with Gasteiger partial charge in [-0.2, -0.15) is 0 Å². The molecule has 1 saturated heterocycles. The molecule has 0 aliphatic carbocycles. The highest BCUT2D eigenvalue weighted by Crippen LogP contribution is 2.18. The lowest BCUT2D eigenvalue weighted by Gasteiger charge is -2.32. The molecule has 0 unspecified atom stereocenters. The molecule has 1 aliphatic heterocycles. The van der Waals surface area contributed by atoms with E-state index in [1.54, 1.807) is 22.2 Å². The fourth-order valence-electron chi connectivity index (χ4n) is 2.83. The van der Waals surface area contributed by atoms with Crippen molar-refractivity contribution in [2.24, 2.45) is 0 Å². The number of nitrogens with one attached hydrogen (secondary N) is 1. The van der Waals surface area contributed by atoms with Crippen LogP contribution in [0.25, 0.3) is 0 Å². The van der Waals surface area contributed by atoms with Crippen molar-refractivity contribution in [2.45, 2.75) is 13.3 Å². The minimum Gasteiger partial charge on any atom is -0.354 e. The molecule has 25 heavy (non-hydrogen) atoms. The van der Waals surface area contributed by atoms with Crippen LogP contribution < -0.4 is 5.32 Å². The smallest absolute Gasteiger partial charge is 0.255 e. The Bertz CT molecular complexity index is 737. The Morgan fingerprint density at radius 1 is 1.12 bits per heavy atom. The minimum atomic E-state index is -0.0528. The van der Waals surface area contributed by atoms with Crippen molar-refractivity contribution in [3.63, 3.8) is 0 Å². The largest absolute Gasteiger partial charge is 0.354 e. The Morgan fingerprint density at radius 3 is 2.48 bits per heavy atom. The molecule has 2 aromatic rings. The maximum absolute atomic E-state index is 12.6. The number of pyridine rings is 1. The summed E-state index contributed by atoms with van der Waals surface area (Å²) >= 11 is 0. The van der Waals surface area contributed by atoms with Crippen LogP contribution in [0.1, 0.15) is 22.8 Å². The Balaban J connectivity index is 1.68. The zero-order valence-corrected chi connectivity index (χ0v) is 14.3. The first-order chi connectivity index (χ1) is 12.2. The van der Waals surface area contributed by atoms with Gasteiger partial charge in [0.25, 0.3) is 5.91 Å². The van der Waals surface area contributed by atoms with Crippen LogP contribution in [-0.2, 0) is 11.2 Å². The number of benzene rings is 1. The van der Waals surface area contributed by atoms with Gasteiger partial charge in [0.05, 0.1) is 17.4 Å². The summed E-state index contributed by atoms with van der Waals surface area (Å²) in [7, 11) is 0. The van der Waals surface area contributed by atoms with Gasteiger partial charge >= 0.3 is 0 Å². The van der Waals surface area contributed by atoms with Gasteiger partial charge in [-0.25, -0.2) is 0 Å². The molecule has 3 rings (SSSR count). The lowest BCUT2D eigenvalue weighted by molar-refractivity contribution is -0.119. The van der Waals surface area contributed by atoms with E-state index in [1.807, 2.05) is 18.2 Å². The van der Waals surface area contributed by atoms with Crippen molar-refractivity contribution < 1.29 is 9.59 Å². The van der Waals surface area contributed by atoms with Gasteiger partial charge in [-0.3, -0.25) is 14.6 Å². The molecular formula is C19H22N4O2. The monoisotopic (exact) mass is 338 g/mol. The summed E-state index contributed by atoms with van der Waals surface area (Å²) in [6.07, 6.45) is 5.12. The molecule has 2 heterocycles. The van der Waals surface area contributed by atoms with Gasteiger partial charge in [-0.1, -0.05) is 19.1 Å². The third-order valence-corrected chi connectivity index (χ3v) is 4.39. The van der Waals surface area contributed by atoms with E-state index in [0.717, 1.165) is 24.2 Å². The average Bonchev–Trinajstić information content (AvgIpc) is 2.68. The maximum Gasteiger partial charge on any atom is 0.255 e. The standard InChI is InChI=1S/C19H22N4O2/c1-2-15-3-5-17(6-4-15)21-18-11-16(12-20-13-18)19(25)23-9-7-22(14-24)8-10-23/h3-6,11-14,21H,2,7-10H2,1H3. The van der Waals surface area contributed by atoms with Crippen LogP contribution in [-0.4, -0.2) is 53.3 Å². The highest BCUT2D eigenvalue weighted by Gasteiger charge is 2.21. The first-order valence-electron chi connectivity index (χ1n) is 8.49. The summed E-state index contributed by atoms with van der Waals surface area (Å²) < 4.78 is 0. The van der Waals surface area contributed by atoms with Gasteiger partial charge in [0.15, 0.2) is 0 Å². The van der Waals surface area contributed by atoms with Crippen LogP contribution in [0.2, 0.25) is 0 Å². The summed E-state index contributed by atoms with van der Waals surface area (Å²) in [6, 6.07) is 10.0. The predicted octanol–water partition coefficient (Wildman–Crippen LogP) is 2.30. The van der Waals surface area contributed by atoms with Crippen molar-refractivity contribution in [3.8, 4) is 0 Å². The fourth-order valence-corrected chi connectivity index (χ4v) is 2.83. The molecule has 1 aliphatic rings. The molecular weight excluding hydrogens is 316 g/mol. The van der Waals surface area contributed by atoms with E-state index < -0.39 is 0 Å². The topological polar surface area (TPSA) is 65.5 Å². The summed E-state index contributed by atoms with van der Waals surface area (Å²) in [4.78, 5) is 31.0. The van der Waals surface area contributed by atoms with Gasteiger partial charge in [0.2, 0.25) is 6.41 Å². The van der Waals surface area contributed by atoms with Gasteiger partial charge in [0, 0.05) is 38.1 Å². The number of piperazine rings is 1. The van der Waals surface area contributed by atoms with Crippen LogP contribution in [0.5, 0.6) is 0 Å². The Morgan fingerprint density at radius 2 is 1.84 bits per heavy atom. The molecule has 1 N–H and O–H groups in total. The fraction of sp³-hybridized carbons (Fsp3) is 0.316. The van der Waals surface area contributed by atoms with E-state index in [2.05, 4.69) is 29.4 Å². The number of anilines is 2. The molecule has 0 atom stereocenters. The molecule has 6 nitrogen and oxygen atoms in total. The van der Waals surface area contributed by atoms with Gasteiger partial charge in [-0.05, 0) is 30.2 Å². The van der Waals surface area contributed by atoms with Gasteiger partial charge in [-0.15, -0.1) is 0 Å². The second-order valence-corrected chi connectivity index (χ2v) is 6.07. The number of hydrogen-bond acceptors (Lipinski definition) is 4. The molecule has 1 aromatic heterocycles. The highest BCUT2D eigenvalue weighted by molar-refractivity contribution is 5.95. The van der Waals surface area contributed by atoms with Crippen molar-refractivity contribution in [2.75, 3.05) is 31.5 Å². The van der Waals surface area contributed by atoms with Crippen LogP contribution >= 0.6 is 0 Å². The van der Waals surface area contributed by atoms with E-state index in [1.165, 1.54) is 5.56 Å². The van der Waals surface area contributed by atoms with E-state index in [4.69, 9.17) is 0 Å². The van der Waals surface area contributed by atoms with Crippen molar-refractivity contribution in [3.05, 3.63) is 53.9 Å². The lowest BCUT2D eigenvalue weighted by Crippen LogP contribution is -2.48. The lowest BCUT2D eigenvalue weighted by atomic mass is 10.1. The first kappa shape index (κ1) is 17.0. The summed E-state index contributed by atoms with van der Waals surface area (Å²) in [5, 5.41) is 3.28. The summed E-state index contributed by atoms with van der Waals surface area (Å²) in [5.41, 5.74) is 3.57. The molecule has 0 radical (unpaired) electrons. The second-order valence-electron chi connectivity index (χ2n) is 6.07. The van der Waals surface area contributed by atoms with Crippen LogP contribution in [0, 0.1) is 0 Å². The number of aromatic nitrogens is 1. The number of amides is 2. The first-order valence-corrected chi connectivity index (χ1v) is 8.49. The maximum atomic E-state index is 12.6. The SMILES string of the molecule is CCc1ccc(Nc2cncc(C(=O)N3CCN(C=O)CC3)c2)cc1. The zero-order valence-electron chi connectivity index (χ0n) is 14.3. The normalized spacial score (nSPS) is 14.3. The van der Waals surface area contributed by atoms with Gasteiger partial charge in [0.1, 0.15) is 0 Å². The van der Waals surface area contributed by atoms with E-state index in [0.29, 0.717) is 31.7 Å². The molecule has 130 valence electrons. The van der Waals surface area contributed by atoms with E-state index in [-0.39, 0.29) is 5.91 Å². The van der Waals surface area contributed by atoms with E-state index in [9.17, 15) is 9.59 Å². The van der Waals surface area contributed by atoms with Crippen LogP contribution in [0.15, 0.2) is 42.7 Å². The Kier molecular flexibility index (Phi) is 5.28. The number of carbonyl (C=O) groups excluding carboxylic acids is 2. The van der Waals surface area contributed by atoms with Crippen molar-refractivity contribution in [1.82, 2.24) is 14.8 Å². The van der Waals surface area contributed by atoms with Crippen LogP contribution in [0.3, 0.4) is 0 Å². The van der Waals surface area contributed by atoms with Crippen molar-refractivity contribution >= 4 is 23.7 Å². The van der Waals surface area contributed by atoms with E-state index >= 15 is 0 Å². The molecule has 1 aromatic carbocycles. The number of nitrogens with zero attached hydrogens (tertiary/aromatic N) is 3. The molecule has 0 saturated carbocycles. The quantitative estimate of drug-likeness (QED) is 0.850. The highest BCUT2D eigenvalue weighted by atomic mass is 16.2. The number of carbonyl (C=O) groups is 2. The van der Waals surface area contributed by atoms with Crippen LogP contribution in [0.4, 0.5) is 11.4 Å². The third kappa shape index (κ3) is 4.15. The Hall–Kier alpha value is -2.89.